The number of hydrogen-bond acceptors (Lipinski definition) is 4. The van der Waals surface area contributed by atoms with Crippen molar-refractivity contribution < 1.29 is 8.42 Å². The van der Waals surface area contributed by atoms with Gasteiger partial charge in [-0.25, -0.2) is 18.4 Å². The molecular weight excluding hydrogens is 414 g/mol. The first-order chi connectivity index (χ1) is 12.4. The number of aromatic nitrogens is 2. The monoisotopic (exact) mass is 431 g/mol. The average molecular weight is 432 g/mol. The van der Waals surface area contributed by atoms with Gasteiger partial charge >= 0.3 is 0 Å². The number of rotatable bonds is 5. The number of halogens is 1. The first kappa shape index (κ1) is 18.5. The van der Waals surface area contributed by atoms with Crippen LogP contribution >= 0.6 is 15.9 Å². The molecule has 0 unspecified atom stereocenters. The van der Waals surface area contributed by atoms with Crippen molar-refractivity contribution in [2.24, 2.45) is 0 Å². The highest BCUT2D eigenvalue weighted by Crippen LogP contribution is 2.26. The largest absolute Gasteiger partial charge is 0.280 e. The Morgan fingerprint density at radius 1 is 1.12 bits per heavy atom. The quantitative estimate of drug-likeness (QED) is 0.641. The molecule has 0 radical (unpaired) electrons. The SMILES string of the molecule is CCc1cc(Br)ccc1S(=O)(=O)Nc1cccc(-c2ccnc(C)n2)c1. The third-order valence-corrected chi connectivity index (χ3v) is 5.85. The molecule has 0 saturated heterocycles. The van der Waals surface area contributed by atoms with Crippen LogP contribution in [-0.2, 0) is 16.4 Å². The zero-order valence-corrected chi connectivity index (χ0v) is 16.8. The molecule has 0 bridgehead atoms. The average Bonchev–Trinajstić information content (AvgIpc) is 2.61. The van der Waals surface area contributed by atoms with E-state index in [-0.39, 0.29) is 4.90 Å². The van der Waals surface area contributed by atoms with Crippen LogP contribution in [0.1, 0.15) is 18.3 Å². The fourth-order valence-electron chi connectivity index (χ4n) is 2.66. The van der Waals surface area contributed by atoms with Crippen LogP contribution in [0.3, 0.4) is 0 Å². The Labute approximate surface area is 161 Å². The molecular formula is C19H18BrN3O2S. The summed E-state index contributed by atoms with van der Waals surface area (Å²) in [7, 11) is -3.68. The lowest BCUT2D eigenvalue weighted by Crippen LogP contribution is -2.15. The Balaban J connectivity index is 1.95. The van der Waals surface area contributed by atoms with E-state index in [2.05, 4.69) is 30.6 Å². The van der Waals surface area contributed by atoms with Gasteiger partial charge in [0.05, 0.1) is 10.6 Å². The summed E-state index contributed by atoms with van der Waals surface area (Å²) in [5, 5.41) is 0. The molecule has 1 heterocycles. The van der Waals surface area contributed by atoms with Crippen LogP contribution in [0.25, 0.3) is 11.3 Å². The molecule has 0 aliphatic heterocycles. The Kier molecular flexibility index (Phi) is 5.38. The standard InChI is InChI=1S/C19H18BrN3O2S/c1-3-14-11-16(20)7-8-19(14)26(24,25)23-17-6-4-5-15(12-17)18-9-10-21-13(2)22-18/h4-12,23H,3H2,1-2H3. The van der Waals surface area contributed by atoms with Gasteiger partial charge in [0.25, 0.3) is 10.0 Å². The molecule has 0 fully saturated rings. The van der Waals surface area contributed by atoms with Crippen LogP contribution in [0.5, 0.6) is 0 Å². The summed E-state index contributed by atoms with van der Waals surface area (Å²) in [5.41, 5.74) is 2.82. The molecule has 0 spiro atoms. The summed E-state index contributed by atoms with van der Waals surface area (Å²) < 4.78 is 29.2. The normalized spacial score (nSPS) is 11.3. The smallest absolute Gasteiger partial charge is 0.262 e. The number of anilines is 1. The van der Waals surface area contributed by atoms with Crippen molar-refractivity contribution >= 4 is 31.6 Å². The lowest BCUT2D eigenvalue weighted by molar-refractivity contribution is 0.600. The molecule has 134 valence electrons. The number of aryl methyl sites for hydroxylation is 2. The predicted octanol–water partition coefficient (Wildman–Crippen LogP) is 4.58. The van der Waals surface area contributed by atoms with Gasteiger partial charge in [0.15, 0.2) is 0 Å². The maximum absolute atomic E-state index is 12.8. The maximum Gasteiger partial charge on any atom is 0.262 e. The Hall–Kier alpha value is -2.25. The van der Waals surface area contributed by atoms with Crippen LogP contribution in [0.4, 0.5) is 5.69 Å². The van der Waals surface area contributed by atoms with E-state index in [1.807, 2.05) is 26.0 Å². The van der Waals surface area contributed by atoms with Gasteiger partial charge in [-0.15, -0.1) is 0 Å². The van der Waals surface area contributed by atoms with Crippen LogP contribution in [0.2, 0.25) is 0 Å². The number of nitrogens with zero attached hydrogens (tertiary/aromatic N) is 2. The fourth-order valence-corrected chi connectivity index (χ4v) is 4.41. The summed E-state index contributed by atoms with van der Waals surface area (Å²) in [4.78, 5) is 8.75. The number of sulfonamides is 1. The summed E-state index contributed by atoms with van der Waals surface area (Å²) >= 11 is 3.38. The molecule has 0 saturated carbocycles. The minimum atomic E-state index is -3.68. The van der Waals surface area contributed by atoms with Crippen LogP contribution in [0, 0.1) is 6.92 Å². The lowest BCUT2D eigenvalue weighted by atomic mass is 10.1. The van der Waals surface area contributed by atoms with Crippen LogP contribution in [-0.4, -0.2) is 18.4 Å². The predicted molar refractivity (Wildman–Crippen MR) is 107 cm³/mol. The van der Waals surface area contributed by atoms with Crippen LogP contribution in [0.15, 0.2) is 64.1 Å². The summed E-state index contributed by atoms with van der Waals surface area (Å²) in [6, 6.07) is 14.1. The molecule has 1 aromatic heterocycles. The first-order valence-electron chi connectivity index (χ1n) is 8.10. The van der Waals surface area contributed by atoms with E-state index >= 15 is 0 Å². The molecule has 7 heteroatoms. The van der Waals surface area contributed by atoms with Gasteiger partial charge in [0, 0.05) is 21.9 Å². The zero-order chi connectivity index (χ0) is 18.7. The second-order valence-electron chi connectivity index (χ2n) is 5.78. The Bertz CT molecular complexity index is 1050. The minimum absolute atomic E-state index is 0.284. The molecule has 0 aliphatic rings. The molecule has 26 heavy (non-hydrogen) atoms. The lowest BCUT2D eigenvalue weighted by Gasteiger charge is -2.13. The van der Waals surface area contributed by atoms with Crippen molar-refractivity contribution in [2.75, 3.05) is 4.72 Å². The summed E-state index contributed by atoms with van der Waals surface area (Å²) in [6.07, 6.45) is 2.31. The van der Waals surface area contributed by atoms with E-state index in [0.29, 0.717) is 17.9 Å². The number of hydrogen-bond donors (Lipinski definition) is 1. The van der Waals surface area contributed by atoms with E-state index in [1.54, 1.807) is 42.6 Å². The third-order valence-electron chi connectivity index (χ3n) is 3.88. The van der Waals surface area contributed by atoms with E-state index in [0.717, 1.165) is 21.3 Å². The second-order valence-corrected chi connectivity index (χ2v) is 8.35. The number of benzene rings is 2. The van der Waals surface area contributed by atoms with E-state index < -0.39 is 10.0 Å². The van der Waals surface area contributed by atoms with Crippen molar-refractivity contribution in [2.45, 2.75) is 25.2 Å². The highest BCUT2D eigenvalue weighted by atomic mass is 79.9. The van der Waals surface area contributed by atoms with Crippen molar-refractivity contribution in [3.8, 4) is 11.3 Å². The van der Waals surface area contributed by atoms with E-state index in [1.165, 1.54) is 0 Å². The van der Waals surface area contributed by atoms with Crippen molar-refractivity contribution in [3.63, 3.8) is 0 Å². The summed E-state index contributed by atoms with van der Waals surface area (Å²) in [6.45, 7) is 3.74. The van der Waals surface area contributed by atoms with E-state index in [9.17, 15) is 8.42 Å². The van der Waals surface area contributed by atoms with Crippen molar-refractivity contribution in [1.82, 2.24) is 9.97 Å². The second kappa shape index (κ2) is 7.55. The fraction of sp³-hybridized carbons (Fsp3) is 0.158. The molecule has 1 N–H and O–H groups in total. The van der Waals surface area contributed by atoms with E-state index in [4.69, 9.17) is 0 Å². The molecule has 0 atom stereocenters. The maximum atomic E-state index is 12.8. The van der Waals surface area contributed by atoms with Gasteiger partial charge in [-0.1, -0.05) is 35.0 Å². The highest BCUT2D eigenvalue weighted by Gasteiger charge is 2.18. The molecule has 0 amide bonds. The van der Waals surface area contributed by atoms with Crippen LogP contribution < -0.4 is 4.72 Å². The zero-order valence-electron chi connectivity index (χ0n) is 14.4. The van der Waals surface area contributed by atoms with Crippen molar-refractivity contribution in [1.29, 1.82) is 0 Å². The van der Waals surface area contributed by atoms with Gasteiger partial charge < -0.3 is 0 Å². The molecule has 0 aliphatic carbocycles. The topological polar surface area (TPSA) is 72.0 Å². The molecule has 3 rings (SSSR count). The van der Waals surface area contributed by atoms with Gasteiger partial charge in [0.2, 0.25) is 0 Å². The highest BCUT2D eigenvalue weighted by molar-refractivity contribution is 9.10. The Morgan fingerprint density at radius 3 is 2.65 bits per heavy atom. The van der Waals surface area contributed by atoms with Gasteiger partial charge in [0.1, 0.15) is 5.82 Å². The Morgan fingerprint density at radius 2 is 1.92 bits per heavy atom. The van der Waals surface area contributed by atoms with Crippen molar-refractivity contribution in [3.05, 3.63) is 70.6 Å². The first-order valence-corrected chi connectivity index (χ1v) is 10.4. The molecule has 2 aromatic carbocycles. The molecule has 5 nitrogen and oxygen atoms in total. The third kappa shape index (κ3) is 4.11. The minimum Gasteiger partial charge on any atom is -0.280 e. The summed E-state index contributed by atoms with van der Waals surface area (Å²) in [5.74, 6) is 0.663. The van der Waals surface area contributed by atoms with Gasteiger partial charge in [-0.05, 0) is 55.3 Å². The van der Waals surface area contributed by atoms with Gasteiger partial charge in [-0.2, -0.15) is 0 Å². The number of nitrogens with one attached hydrogen (secondary N) is 1. The molecule has 3 aromatic rings. The van der Waals surface area contributed by atoms with Gasteiger partial charge in [-0.3, -0.25) is 4.72 Å².